The number of nitrogens with zero attached hydrogens (tertiary/aromatic N) is 2. The fourth-order valence-electron chi connectivity index (χ4n) is 3.76. The minimum Gasteiger partial charge on any atom is -0.342 e. The topological polar surface area (TPSA) is 69.7 Å². The second-order valence-electron chi connectivity index (χ2n) is 9.16. The molecule has 0 saturated carbocycles. The van der Waals surface area contributed by atoms with E-state index >= 15 is 0 Å². The number of nitrogens with one attached hydrogen (secondary N) is 1. The molecular weight excluding hydrogens is 378 g/mol. The Kier molecular flexibility index (Phi) is 8.88. The summed E-state index contributed by atoms with van der Waals surface area (Å²) in [5.41, 5.74) is 1.27. The highest BCUT2D eigenvalue weighted by Crippen LogP contribution is 2.21. The molecule has 1 saturated heterocycles. The lowest BCUT2D eigenvalue weighted by Crippen LogP contribution is -2.37. The Balaban J connectivity index is 1.97. The Morgan fingerprint density at radius 2 is 1.70 bits per heavy atom. The van der Waals surface area contributed by atoms with E-state index in [0.29, 0.717) is 29.6 Å². The van der Waals surface area contributed by atoms with Gasteiger partial charge in [0.05, 0.1) is 5.92 Å². The first-order chi connectivity index (χ1) is 14.2. The van der Waals surface area contributed by atoms with Crippen molar-refractivity contribution in [2.24, 2.45) is 17.8 Å². The molecule has 1 fully saturated rings. The highest BCUT2D eigenvalue weighted by Gasteiger charge is 2.33. The number of amides is 3. The summed E-state index contributed by atoms with van der Waals surface area (Å²) in [6, 6.07) is 7.05. The average Bonchev–Trinajstić information content (AvgIpc) is 3.06. The van der Waals surface area contributed by atoms with Crippen LogP contribution in [0, 0.1) is 17.8 Å². The number of likely N-dealkylation sites (tertiary alicyclic amines) is 1. The van der Waals surface area contributed by atoms with Gasteiger partial charge in [-0.05, 0) is 42.5 Å². The van der Waals surface area contributed by atoms with Gasteiger partial charge in [0.1, 0.15) is 0 Å². The van der Waals surface area contributed by atoms with Crippen molar-refractivity contribution in [3.05, 3.63) is 29.8 Å². The first-order valence-corrected chi connectivity index (χ1v) is 11.2. The van der Waals surface area contributed by atoms with Crippen LogP contribution in [0.1, 0.15) is 64.2 Å². The maximum Gasteiger partial charge on any atom is 0.253 e. The van der Waals surface area contributed by atoms with Gasteiger partial charge in [0, 0.05) is 43.9 Å². The lowest BCUT2D eigenvalue weighted by Gasteiger charge is -2.26. The van der Waals surface area contributed by atoms with Crippen molar-refractivity contribution < 1.29 is 14.4 Å². The van der Waals surface area contributed by atoms with Crippen molar-refractivity contribution >= 4 is 23.4 Å². The lowest BCUT2D eigenvalue weighted by atomic mass is 10.1. The van der Waals surface area contributed by atoms with Crippen LogP contribution in [-0.2, 0) is 9.59 Å². The van der Waals surface area contributed by atoms with Gasteiger partial charge in [-0.3, -0.25) is 14.4 Å². The van der Waals surface area contributed by atoms with E-state index in [-0.39, 0.29) is 30.1 Å². The van der Waals surface area contributed by atoms with Crippen LogP contribution >= 0.6 is 0 Å². The summed E-state index contributed by atoms with van der Waals surface area (Å²) >= 11 is 0. The summed E-state index contributed by atoms with van der Waals surface area (Å²) < 4.78 is 0. The molecule has 6 nitrogen and oxygen atoms in total. The van der Waals surface area contributed by atoms with Gasteiger partial charge in [-0.1, -0.05) is 41.0 Å². The van der Waals surface area contributed by atoms with Crippen molar-refractivity contribution in [2.75, 3.05) is 31.5 Å². The van der Waals surface area contributed by atoms with Crippen LogP contribution in [0.4, 0.5) is 5.69 Å². The second-order valence-corrected chi connectivity index (χ2v) is 9.16. The van der Waals surface area contributed by atoms with Gasteiger partial charge in [0.15, 0.2) is 0 Å². The molecule has 1 aliphatic rings. The number of benzene rings is 1. The van der Waals surface area contributed by atoms with Gasteiger partial charge in [0.25, 0.3) is 5.91 Å². The fourth-order valence-corrected chi connectivity index (χ4v) is 3.76. The Morgan fingerprint density at radius 1 is 1.10 bits per heavy atom. The Morgan fingerprint density at radius 3 is 2.23 bits per heavy atom. The van der Waals surface area contributed by atoms with Gasteiger partial charge in [-0.25, -0.2) is 0 Å². The maximum atomic E-state index is 12.9. The van der Waals surface area contributed by atoms with Crippen molar-refractivity contribution in [1.82, 2.24) is 9.80 Å². The fraction of sp³-hybridized carbons (Fsp3) is 0.625. The summed E-state index contributed by atoms with van der Waals surface area (Å²) in [5.74, 6) is 0.420. The number of unbranched alkanes of at least 4 members (excludes halogenated alkanes) is 1. The summed E-state index contributed by atoms with van der Waals surface area (Å²) in [5, 5.41) is 2.90. The SMILES string of the molecule is CCCCN1CC(C(=O)Nc2ccc(C(=O)N(CC(C)C)CC(C)C)cc2)CC1=O. The molecule has 1 atom stereocenters. The first-order valence-electron chi connectivity index (χ1n) is 11.2. The van der Waals surface area contributed by atoms with Gasteiger partial charge in [-0.15, -0.1) is 0 Å². The quantitative estimate of drug-likeness (QED) is 0.627. The molecule has 0 aliphatic carbocycles. The molecule has 0 radical (unpaired) electrons. The van der Waals surface area contributed by atoms with Crippen molar-refractivity contribution in [3.63, 3.8) is 0 Å². The van der Waals surface area contributed by atoms with Crippen LogP contribution in [0.3, 0.4) is 0 Å². The Bertz CT molecular complexity index is 718. The van der Waals surface area contributed by atoms with Crippen LogP contribution in [0.15, 0.2) is 24.3 Å². The van der Waals surface area contributed by atoms with Crippen LogP contribution in [0.25, 0.3) is 0 Å². The first kappa shape index (κ1) is 23.9. The van der Waals surface area contributed by atoms with E-state index in [1.165, 1.54) is 0 Å². The molecule has 0 aromatic heterocycles. The monoisotopic (exact) mass is 415 g/mol. The van der Waals surface area contributed by atoms with Gasteiger partial charge in [0.2, 0.25) is 11.8 Å². The third-order valence-electron chi connectivity index (χ3n) is 5.22. The van der Waals surface area contributed by atoms with E-state index in [1.807, 2.05) is 4.90 Å². The summed E-state index contributed by atoms with van der Waals surface area (Å²) in [7, 11) is 0. The number of hydrogen-bond donors (Lipinski definition) is 1. The summed E-state index contributed by atoms with van der Waals surface area (Å²) in [6.45, 7) is 13.2. The van der Waals surface area contributed by atoms with Crippen molar-refractivity contribution in [3.8, 4) is 0 Å². The van der Waals surface area contributed by atoms with E-state index in [0.717, 1.165) is 32.5 Å². The molecule has 1 aromatic rings. The molecule has 166 valence electrons. The summed E-state index contributed by atoms with van der Waals surface area (Å²) in [4.78, 5) is 41.3. The predicted octanol–water partition coefficient (Wildman–Crippen LogP) is 4.03. The number of carbonyl (C=O) groups is 3. The van der Waals surface area contributed by atoms with Crippen molar-refractivity contribution in [1.29, 1.82) is 0 Å². The number of anilines is 1. The molecule has 1 aromatic carbocycles. The normalized spacial score (nSPS) is 16.4. The average molecular weight is 416 g/mol. The minimum absolute atomic E-state index is 0.0169. The predicted molar refractivity (Wildman–Crippen MR) is 120 cm³/mol. The smallest absolute Gasteiger partial charge is 0.253 e. The van der Waals surface area contributed by atoms with Crippen LogP contribution in [0.2, 0.25) is 0 Å². The van der Waals surface area contributed by atoms with Crippen LogP contribution < -0.4 is 5.32 Å². The third-order valence-corrected chi connectivity index (χ3v) is 5.22. The van der Waals surface area contributed by atoms with E-state index in [1.54, 1.807) is 29.2 Å². The maximum absolute atomic E-state index is 12.9. The molecule has 3 amide bonds. The zero-order chi connectivity index (χ0) is 22.3. The number of rotatable bonds is 10. The third kappa shape index (κ3) is 6.85. The highest BCUT2D eigenvalue weighted by molar-refractivity contribution is 5.98. The molecule has 30 heavy (non-hydrogen) atoms. The zero-order valence-electron chi connectivity index (χ0n) is 19.1. The molecule has 0 bridgehead atoms. The Labute approximate surface area is 181 Å². The molecule has 1 unspecified atom stereocenters. The van der Waals surface area contributed by atoms with E-state index < -0.39 is 0 Å². The standard InChI is InChI=1S/C24H37N3O3/c1-6-7-12-26-16-20(13-22(26)28)23(29)25-21-10-8-19(9-11-21)24(30)27(14-17(2)3)15-18(4)5/h8-11,17-18,20H,6-7,12-16H2,1-5H3,(H,25,29). The molecule has 0 spiro atoms. The zero-order valence-corrected chi connectivity index (χ0v) is 19.1. The van der Waals surface area contributed by atoms with E-state index in [2.05, 4.69) is 39.9 Å². The van der Waals surface area contributed by atoms with Crippen LogP contribution in [-0.4, -0.2) is 53.7 Å². The molecule has 1 N–H and O–H groups in total. The molecule has 6 heteroatoms. The molecule has 2 rings (SSSR count). The number of carbonyl (C=O) groups excluding carboxylic acids is 3. The van der Waals surface area contributed by atoms with Crippen LogP contribution in [0.5, 0.6) is 0 Å². The van der Waals surface area contributed by atoms with Gasteiger partial charge in [-0.2, -0.15) is 0 Å². The van der Waals surface area contributed by atoms with E-state index in [4.69, 9.17) is 0 Å². The minimum atomic E-state index is -0.316. The number of hydrogen-bond acceptors (Lipinski definition) is 3. The molecule has 1 heterocycles. The van der Waals surface area contributed by atoms with Gasteiger partial charge >= 0.3 is 0 Å². The van der Waals surface area contributed by atoms with Gasteiger partial charge < -0.3 is 15.1 Å². The molecule has 1 aliphatic heterocycles. The lowest BCUT2D eigenvalue weighted by molar-refractivity contribution is -0.128. The van der Waals surface area contributed by atoms with E-state index in [9.17, 15) is 14.4 Å². The summed E-state index contributed by atoms with van der Waals surface area (Å²) in [6.07, 6.45) is 2.25. The van der Waals surface area contributed by atoms with Crippen molar-refractivity contribution in [2.45, 2.75) is 53.9 Å². The largest absolute Gasteiger partial charge is 0.342 e. The second kappa shape index (κ2) is 11.1. The molecular formula is C24H37N3O3. The Hall–Kier alpha value is -2.37. The highest BCUT2D eigenvalue weighted by atomic mass is 16.2.